The third-order valence-corrected chi connectivity index (χ3v) is 5.04. The van der Waals surface area contributed by atoms with Crippen molar-refractivity contribution >= 4 is 28.2 Å². The molecule has 0 radical (unpaired) electrons. The molecule has 1 aromatic carbocycles. The number of benzene rings is 1. The number of nitrogens with zero attached hydrogens (tertiary/aromatic N) is 2. The highest BCUT2D eigenvalue weighted by Gasteiger charge is 2.20. The molecule has 0 fully saturated rings. The van der Waals surface area contributed by atoms with Crippen molar-refractivity contribution in [3.8, 4) is 11.3 Å². The largest absolute Gasteiger partial charge is 0.466 e. The van der Waals surface area contributed by atoms with Crippen molar-refractivity contribution < 1.29 is 14.3 Å². The van der Waals surface area contributed by atoms with E-state index in [4.69, 9.17) is 4.74 Å². The van der Waals surface area contributed by atoms with E-state index in [1.165, 1.54) is 11.3 Å². The number of hydrogen-bond acceptors (Lipinski definition) is 5. The minimum absolute atomic E-state index is 0.180. The standard InChI is InChI=1S/C20H23N3O3S/c1-3-8-15(11-18(24)26-4-2)21-19(25)17-13-27-20-22-16(12-23(17)20)14-9-6-5-7-10-14/h5-7,9-10,12-13,15H,3-4,8,11H2,1-2H3,(H,21,25)/t15-/m0/s1. The quantitative estimate of drug-likeness (QED) is 0.597. The number of carbonyl (C=O) groups is 2. The lowest BCUT2D eigenvalue weighted by Crippen LogP contribution is -2.37. The zero-order valence-corrected chi connectivity index (χ0v) is 16.3. The molecule has 0 bridgehead atoms. The van der Waals surface area contributed by atoms with Crippen LogP contribution in [0.1, 0.15) is 43.6 Å². The summed E-state index contributed by atoms with van der Waals surface area (Å²) in [4.78, 5) is 29.9. The lowest BCUT2D eigenvalue weighted by atomic mass is 10.1. The van der Waals surface area contributed by atoms with Crippen LogP contribution in [0.4, 0.5) is 0 Å². The Morgan fingerprint density at radius 1 is 1.26 bits per heavy atom. The van der Waals surface area contributed by atoms with Crippen LogP contribution in [0.25, 0.3) is 16.2 Å². The van der Waals surface area contributed by atoms with Crippen molar-refractivity contribution in [2.24, 2.45) is 0 Å². The molecular weight excluding hydrogens is 362 g/mol. The van der Waals surface area contributed by atoms with Crippen LogP contribution in [0.15, 0.2) is 41.9 Å². The summed E-state index contributed by atoms with van der Waals surface area (Å²) < 4.78 is 6.81. The molecule has 7 heteroatoms. The molecule has 0 spiro atoms. The van der Waals surface area contributed by atoms with Crippen molar-refractivity contribution in [1.82, 2.24) is 14.7 Å². The summed E-state index contributed by atoms with van der Waals surface area (Å²) in [6.07, 6.45) is 3.64. The van der Waals surface area contributed by atoms with Gasteiger partial charge in [-0.3, -0.25) is 14.0 Å². The summed E-state index contributed by atoms with van der Waals surface area (Å²) in [5.41, 5.74) is 2.36. The van der Waals surface area contributed by atoms with Crippen LogP contribution in [0.2, 0.25) is 0 Å². The Bertz CT molecular complexity index is 917. The summed E-state index contributed by atoms with van der Waals surface area (Å²) in [6, 6.07) is 9.61. The van der Waals surface area contributed by atoms with E-state index in [2.05, 4.69) is 10.3 Å². The van der Waals surface area contributed by atoms with Crippen LogP contribution < -0.4 is 5.32 Å². The molecule has 0 aliphatic rings. The number of rotatable bonds is 8. The first-order chi connectivity index (χ1) is 13.1. The number of fused-ring (bicyclic) bond motifs is 1. The zero-order valence-electron chi connectivity index (χ0n) is 15.5. The van der Waals surface area contributed by atoms with Gasteiger partial charge in [-0.25, -0.2) is 4.98 Å². The number of ether oxygens (including phenoxy) is 1. The van der Waals surface area contributed by atoms with Gasteiger partial charge in [0, 0.05) is 23.2 Å². The lowest BCUT2D eigenvalue weighted by molar-refractivity contribution is -0.143. The van der Waals surface area contributed by atoms with Crippen molar-refractivity contribution in [2.75, 3.05) is 6.61 Å². The molecule has 0 saturated carbocycles. The third kappa shape index (κ3) is 4.54. The van der Waals surface area contributed by atoms with Crippen molar-refractivity contribution in [1.29, 1.82) is 0 Å². The van der Waals surface area contributed by atoms with E-state index in [0.29, 0.717) is 12.3 Å². The predicted molar refractivity (Wildman–Crippen MR) is 106 cm³/mol. The minimum Gasteiger partial charge on any atom is -0.466 e. The highest BCUT2D eigenvalue weighted by atomic mass is 32.1. The average molecular weight is 385 g/mol. The van der Waals surface area contributed by atoms with Crippen LogP contribution in [0.5, 0.6) is 0 Å². The van der Waals surface area contributed by atoms with Crippen molar-refractivity contribution in [2.45, 2.75) is 39.2 Å². The highest BCUT2D eigenvalue weighted by molar-refractivity contribution is 7.15. The first-order valence-corrected chi connectivity index (χ1v) is 9.98. The minimum atomic E-state index is -0.291. The summed E-state index contributed by atoms with van der Waals surface area (Å²) in [5.74, 6) is -0.498. The Morgan fingerprint density at radius 2 is 2.04 bits per heavy atom. The number of hydrogen-bond donors (Lipinski definition) is 1. The number of imidazole rings is 1. The maximum atomic E-state index is 12.8. The van der Waals surface area contributed by atoms with Gasteiger partial charge in [-0.1, -0.05) is 43.7 Å². The van der Waals surface area contributed by atoms with Crippen molar-refractivity contribution in [3.63, 3.8) is 0 Å². The van der Waals surface area contributed by atoms with Gasteiger partial charge in [0.2, 0.25) is 0 Å². The molecule has 0 aliphatic heterocycles. The zero-order chi connectivity index (χ0) is 19.2. The van der Waals surface area contributed by atoms with Gasteiger partial charge >= 0.3 is 5.97 Å². The second-order valence-electron chi connectivity index (χ2n) is 6.23. The Hall–Kier alpha value is -2.67. The van der Waals surface area contributed by atoms with E-state index in [0.717, 1.165) is 29.1 Å². The van der Waals surface area contributed by atoms with Gasteiger partial charge in [-0.15, -0.1) is 11.3 Å². The summed E-state index contributed by atoms with van der Waals surface area (Å²) >= 11 is 1.42. The number of nitrogens with one attached hydrogen (secondary N) is 1. The molecule has 2 heterocycles. The molecule has 3 aromatic rings. The predicted octanol–water partition coefficient (Wildman–Crippen LogP) is 3.91. The van der Waals surface area contributed by atoms with Gasteiger partial charge in [0.25, 0.3) is 5.91 Å². The second-order valence-corrected chi connectivity index (χ2v) is 7.07. The molecule has 0 unspecified atom stereocenters. The molecule has 2 aromatic heterocycles. The molecule has 1 atom stereocenters. The topological polar surface area (TPSA) is 72.7 Å². The molecule has 6 nitrogen and oxygen atoms in total. The van der Waals surface area contributed by atoms with Crippen molar-refractivity contribution in [3.05, 3.63) is 47.6 Å². The molecule has 1 N–H and O–H groups in total. The van der Waals surface area contributed by atoms with E-state index in [1.807, 2.05) is 43.5 Å². The summed E-state index contributed by atoms with van der Waals surface area (Å²) in [5, 5.41) is 4.76. The Kier molecular flexibility index (Phi) is 6.24. The number of aromatic nitrogens is 2. The highest BCUT2D eigenvalue weighted by Crippen LogP contribution is 2.23. The van der Waals surface area contributed by atoms with E-state index in [-0.39, 0.29) is 24.3 Å². The fourth-order valence-electron chi connectivity index (χ4n) is 2.95. The molecule has 1 amide bonds. The Labute approximate surface area is 162 Å². The van der Waals surface area contributed by atoms with E-state index < -0.39 is 0 Å². The number of amides is 1. The van der Waals surface area contributed by atoms with E-state index >= 15 is 0 Å². The van der Waals surface area contributed by atoms with Gasteiger partial charge in [-0.05, 0) is 13.3 Å². The first kappa shape index (κ1) is 19.1. The lowest BCUT2D eigenvalue weighted by Gasteiger charge is -2.17. The van der Waals surface area contributed by atoms with Gasteiger partial charge in [0.1, 0.15) is 5.69 Å². The van der Waals surface area contributed by atoms with Gasteiger partial charge in [-0.2, -0.15) is 0 Å². The molecule has 3 rings (SSSR count). The molecule has 0 saturated heterocycles. The van der Waals surface area contributed by atoms with E-state index in [9.17, 15) is 9.59 Å². The van der Waals surface area contributed by atoms with Crippen LogP contribution in [-0.2, 0) is 9.53 Å². The maximum Gasteiger partial charge on any atom is 0.307 e. The Morgan fingerprint density at radius 3 is 2.74 bits per heavy atom. The molecule has 27 heavy (non-hydrogen) atoms. The van der Waals surface area contributed by atoms with Gasteiger partial charge in [0.15, 0.2) is 4.96 Å². The summed E-state index contributed by atoms with van der Waals surface area (Å²) in [6.45, 7) is 4.14. The normalized spacial score (nSPS) is 12.1. The Balaban J connectivity index is 1.78. The van der Waals surface area contributed by atoms with Gasteiger partial charge in [0.05, 0.1) is 18.7 Å². The SMILES string of the molecule is CCC[C@@H](CC(=O)OCC)NC(=O)c1csc2nc(-c3ccccc3)cn12. The van der Waals surface area contributed by atoms with E-state index in [1.54, 1.807) is 16.7 Å². The molecule has 142 valence electrons. The molecular formula is C20H23N3O3S. The third-order valence-electron chi connectivity index (χ3n) is 4.20. The molecule has 0 aliphatic carbocycles. The number of thiazole rings is 1. The first-order valence-electron chi connectivity index (χ1n) is 9.10. The second kappa shape index (κ2) is 8.81. The average Bonchev–Trinajstić information content (AvgIpc) is 3.23. The van der Waals surface area contributed by atoms with Gasteiger partial charge < -0.3 is 10.1 Å². The monoisotopic (exact) mass is 385 g/mol. The summed E-state index contributed by atoms with van der Waals surface area (Å²) in [7, 11) is 0. The number of esters is 1. The van der Waals surface area contributed by atoms with Crippen LogP contribution >= 0.6 is 11.3 Å². The van der Waals surface area contributed by atoms with Crippen LogP contribution in [0, 0.1) is 0 Å². The van der Waals surface area contributed by atoms with Crippen LogP contribution in [-0.4, -0.2) is 33.9 Å². The smallest absolute Gasteiger partial charge is 0.307 e. The number of carbonyl (C=O) groups excluding carboxylic acids is 2. The fourth-order valence-corrected chi connectivity index (χ4v) is 3.80. The van der Waals surface area contributed by atoms with Crippen LogP contribution in [0.3, 0.4) is 0 Å². The maximum absolute atomic E-state index is 12.8. The fraction of sp³-hybridized carbons (Fsp3) is 0.350.